The van der Waals surface area contributed by atoms with E-state index in [0.717, 1.165) is 18.5 Å². The summed E-state index contributed by atoms with van der Waals surface area (Å²) >= 11 is 0. The topological polar surface area (TPSA) is 43.9 Å². The van der Waals surface area contributed by atoms with Crippen molar-refractivity contribution in [3.05, 3.63) is 35.9 Å². The standard InChI is InChI=1S/C15H19N3O2/c1-2-16-9-8-13-10-14(19)17(18(13)15(16)20)11-12-6-4-3-5-7-12/h3-7,13H,2,8-11H2,1H3. The maximum Gasteiger partial charge on any atom is 0.339 e. The Morgan fingerprint density at radius 1 is 1.20 bits per heavy atom. The first-order valence-electron chi connectivity index (χ1n) is 7.13. The predicted octanol–water partition coefficient (Wildman–Crippen LogP) is 1.85. The van der Waals surface area contributed by atoms with E-state index in [2.05, 4.69) is 0 Å². The number of fused-ring (bicyclic) bond motifs is 1. The van der Waals surface area contributed by atoms with E-state index >= 15 is 0 Å². The Morgan fingerprint density at radius 2 is 1.95 bits per heavy atom. The lowest BCUT2D eigenvalue weighted by Crippen LogP contribution is -2.56. The number of rotatable bonds is 3. The molecule has 2 aliphatic heterocycles. The normalized spacial score (nSPS) is 22.4. The van der Waals surface area contributed by atoms with Crippen LogP contribution >= 0.6 is 0 Å². The Hall–Kier alpha value is -2.04. The first-order valence-corrected chi connectivity index (χ1v) is 7.13. The summed E-state index contributed by atoms with van der Waals surface area (Å²) in [4.78, 5) is 26.4. The van der Waals surface area contributed by atoms with Gasteiger partial charge >= 0.3 is 6.03 Å². The molecule has 1 unspecified atom stereocenters. The first-order chi connectivity index (χ1) is 9.70. The van der Waals surface area contributed by atoms with E-state index < -0.39 is 0 Å². The van der Waals surface area contributed by atoms with Crippen molar-refractivity contribution in [1.29, 1.82) is 0 Å². The predicted molar refractivity (Wildman–Crippen MR) is 74.5 cm³/mol. The molecular formula is C15H19N3O2. The Bertz CT molecular complexity index is 517. The molecule has 1 atom stereocenters. The third-order valence-electron chi connectivity index (χ3n) is 4.06. The molecule has 0 aromatic heterocycles. The molecule has 20 heavy (non-hydrogen) atoms. The third kappa shape index (κ3) is 2.13. The number of hydrazine groups is 1. The maximum atomic E-state index is 12.4. The van der Waals surface area contributed by atoms with Crippen molar-refractivity contribution in [3.63, 3.8) is 0 Å². The summed E-state index contributed by atoms with van der Waals surface area (Å²) < 4.78 is 0. The number of urea groups is 1. The smallest absolute Gasteiger partial charge is 0.323 e. The summed E-state index contributed by atoms with van der Waals surface area (Å²) in [6.07, 6.45) is 1.33. The summed E-state index contributed by atoms with van der Waals surface area (Å²) in [5.41, 5.74) is 1.04. The van der Waals surface area contributed by atoms with Gasteiger partial charge < -0.3 is 4.90 Å². The van der Waals surface area contributed by atoms with Crippen LogP contribution in [-0.4, -0.2) is 46.0 Å². The lowest BCUT2D eigenvalue weighted by Gasteiger charge is -2.40. The van der Waals surface area contributed by atoms with Gasteiger partial charge in [0.25, 0.3) is 0 Å². The fourth-order valence-electron chi connectivity index (χ4n) is 2.95. The minimum Gasteiger partial charge on any atom is -0.323 e. The molecule has 0 N–H and O–H groups in total. The van der Waals surface area contributed by atoms with E-state index in [1.54, 1.807) is 14.9 Å². The average molecular weight is 273 g/mol. The van der Waals surface area contributed by atoms with Crippen LogP contribution in [0.5, 0.6) is 0 Å². The Morgan fingerprint density at radius 3 is 2.65 bits per heavy atom. The number of carbonyl (C=O) groups is 2. The van der Waals surface area contributed by atoms with E-state index in [0.29, 0.717) is 19.5 Å². The van der Waals surface area contributed by atoms with Gasteiger partial charge in [0.1, 0.15) is 0 Å². The van der Waals surface area contributed by atoms with Gasteiger partial charge in [0.15, 0.2) is 0 Å². The van der Waals surface area contributed by atoms with Crippen LogP contribution in [0.25, 0.3) is 0 Å². The second-order valence-corrected chi connectivity index (χ2v) is 5.29. The third-order valence-corrected chi connectivity index (χ3v) is 4.06. The minimum atomic E-state index is -0.0365. The molecular weight excluding hydrogens is 254 g/mol. The van der Waals surface area contributed by atoms with E-state index in [9.17, 15) is 9.59 Å². The first kappa shape index (κ1) is 13.0. The molecule has 2 saturated heterocycles. The van der Waals surface area contributed by atoms with Crippen molar-refractivity contribution < 1.29 is 9.59 Å². The van der Waals surface area contributed by atoms with E-state index in [4.69, 9.17) is 0 Å². The molecule has 1 aromatic carbocycles. The molecule has 5 nitrogen and oxygen atoms in total. The van der Waals surface area contributed by atoms with Crippen LogP contribution in [0.1, 0.15) is 25.3 Å². The largest absolute Gasteiger partial charge is 0.339 e. The van der Waals surface area contributed by atoms with Gasteiger partial charge in [-0.3, -0.25) is 4.79 Å². The highest BCUT2D eigenvalue weighted by Gasteiger charge is 2.45. The molecule has 2 aliphatic rings. The van der Waals surface area contributed by atoms with Gasteiger partial charge in [-0.25, -0.2) is 14.8 Å². The molecule has 2 heterocycles. The molecule has 0 aliphatic carbocycles. The van der Waals surface area contributed by atoms with Crippen LogP contribution in [0.15, 0.2) is 30.3 Å². The van der Waals surface area contributed by atoms with Crippen molar-refractivity contribution in [2.75, 3.05) is 13.1 Å². The fraction of sp³-hybridized carbons (Fsp3) is 0.467. The molecule has 3 amide bonds. The second-order valence-electron chi connectivity index (χ2n) is 5.29. The van der Waals surface area contributed by atoms with Crippen LogP contribution in [-0.2, 0) is 11.3 Å². The van der Waals surface area contributed by atoms with Gasteiger partial charge in [-0.05, 0) is 18.9 Å². The number of benzene rings is 1. The van der Waals surface area contributed by atoms with Gasteiger partial charge in [0, 0.05) is 13.1 Å². The van der Waals surface area contributed by atoms with Crippen LogP contribution in [0.3, 0.4) is 0 Å². The molecule has 106 valence electrons. The second kappa shape index (κ2) is 5.15. The Labute approximate surface area is 118 Å². The molecule has 3 rings (SSSR count). The molecule has 1 aromatic rings. The van der Waals surface area contributed by atoms with Crippen LogP contribution < -0.4 is 0 Å². The fourth-order valence-corrected chi connectivity index (χ4v) is 2.95. The van der Waals surface area contributed by atoms with Gasteiger partial charge in [-0.15, -0.1) is 0 Å². The minimum absolute atomic E-state index is 0.0365. The monoisotopic (exact) mass is 273 g/mol. The highest BCUT2D eigenvalue weighted by Crippen LogP contribution is 2.29. The zero-order valence-electron chi connectivity index (χ0n) is 11.7. The lowest BCUT2D eigenvalue weighted by molar-refractivity contribution is -0.137. The Kier molecular flexibility index (Phi) is 3.34. The van der Waals surface area contributed by atoms with Crippen molar-refractivity contribution in [2.24, 2.45) is 0 Å². The van der Waals surface area contributed by atoms with Crippen LogP contribution in [0.4, 0.5) is 4.79 Å². The molecule has 0 spiro atoms. The number of nitrogens with zero attached hydrogens (tertiary/aromatic N) is 3. The number of hydrogen-bond donors (Lipinski definition) is 0. The Balaban J connectivity index is 1.82. The number of amides is 3. The molecule has 0 bridgehead atoms. The maximum absolute atomic E-state index is 12.4. The molecule has 0 radical (unpaired) electrons. The van der Waals surface area contributed by atoms with Crippen LogP contribution in [0.2, 0.25) is 0 Å². The molecule has 2 fully saturated rings. The summed E-state index contributed by atoms with van der Waals surface area (Å²) in [5.74, 6) is 0.0464. The quantitative estimate of drug-likeness (QED) is 0.843. The van der Waals surface area contributed by atoms with Crippen molar-refractivity contribution in [1.82, 2.24) is 14.9 Å². The van der Waals surface area contributed by atoms with Gasteiger partial charge in [-0.2, -0.15) is 0 Å². The van der Waals surface area contributed by atoms with E-state index in [-0.39, 0.29) is 18.0 Å². The summed E-state index contributed by atoms with van der Waals surface area (Å²) in [6, 6.07) is 9.81. The van der Waals surface area contributed by atoms with Gasteiger partial charge in [0.05, 0.1) is 19.0 Å². The van der Waals surface area contributed by atoms with Crippen molar-refractivity contribution >= 4 is 11.9 Å². The highest BCUT2D eigenvalue weighted by molar-refractivity contribution is 5.86. The zero-order valence-corrected chi connectivity index (χ0v) is 11.7. The van der Waals surface area contributed by atoms with E-state index in [1.165, 1.54) is 0 Å². The molecule has 5 heteroatoms. The van der Waals surface area contributed by atoms with Crippen molar-refractivity contribution in [2.45, 2.75) is 32.4 Å². The summed E-state index contributed by atoms with van der Waals surface area (Å²) in [5, 5.41) is 3.28. The molecule has 0 saturated carbocycles. The number of hydrogen-bond acceptors (Lipinski definition) is 2. The van der Waals surface area contributed by atoms with Crippen LogP contribution in [0, 0.1) is 0 Å². The van der Waals surface area contributed by atoms with Gasteiger partial charge in [0.2, 0.25) is 5.91 Å². The van der Waals surface area contributed by atoms with Crippen molar-refractivity contribution in [3.8, 4) is 0 Å². The summed E-state index contributed by atoms with van der Waals surface area (Å²) in [6.45, 7) is 3.88. The number of carbonyl (C=O) groups excluding carboxylic acids is 2. The van der Waals surface area contributed by atoms with E-state index in [1.807, 2.05) is 37.3 Å². The van der Waals surface area contributed by atoms with Gasteiger partial charge in [-0.1, -0.05) is 30.3 Å². The lowest BCUT2D eigenvalue weighted by atomic mass is 10.1. The average Bonchev–Trinajstić information content (AvgIpc) is 2.78. The summed E-state index contributed by atoms with van der Waals surface area (Å²) in [7, 11) is 0. The SMILES string of the molecule is CCN1CCC2CC(=O)N(Cc3ccccc3)N2C1=O. The highest BCUT2D eigenvalue weighted by atomic mass is 16.2. The zero-order chi connectivity index (χ0) is 14.1.